The van der Waals surface area contributed by atoms with Crippen LogP contribution in [0.25, 0.3) is 0 Å². The Hall–Kier alpha value is -1.15. The van der Waals surface area contributed by atoms with Crippen molar-refractivity contribution in [1.29, 1.82) is 0 Å². The van der Waals surface area contributed by atoms with E-state index in [9.17, 15) is 13.2 Å². The lowest BCUT2D eigenvalue weighted by molar-refractivity contribution is -0.115. The van der Waals surface area contributed by atoms with Crippen molar-refractivity contribution < 1.29 is 13.2 Å². The number of fused-ring (bicyclic) bond motifs is 1. The molecular formula is C13H16ClN3O3S. The van der Waals surface area contributed by atoms with Crippen LogP contribution >= 0.6 is 11.6 Å². The van der Waals surface area contributed by atoms with Crippen LogP contribution in [-0.4, -0.2) is 44.8 Å². The van der Waals surface area contributed by atoms with Crippen LogP contribution in [0.1, 0.15) is 12.0 Å². The van der Waals surface area contributed by atoms with Gasteiger partial charge >= 0.3 is 0 Å². The number of hydrogen-bond acceptors (Lipinski definition) is 4. The Morgan fingerprint density at radius 3 is 2.81 bits per heavy atom. The lowest BCUT2D eigenvalue weighted by atomic mass is 10.2. The summed E-state index contributed by atoms with van der Waals surface area (Å²) in [7, 11) is -3.63. The Labute approximate surface area is 128 Å². The molecule has 21 heavy (non-hydrogen) atoms. The van der Waals surface area contributed by atoms with E-state index in [1.807, 2.05) is 0 Å². The molecule has 1 aromatic carbocycles. The fourth-order valence-corrected chi connectivity index (χ4v) is 4.66. The molecule has 0 atom stereocenters. The SMILES string of the molecule is O=C1Cc2cc(S(=O)(=O)N3CCCNCC3)c(Cl)cc2N1. The van der Waals surface area contributed by atoms with E-state index in [4.69, 9.17) is 11.6 Å². The summed E-state index contributed by atoms with van der Waals surface area (Å²) < 4.78 is 27.0. The number of nitrogens with one attached hydrogen (secondary N) is 2. The van der Waals surface area contributed by atoms with Crippen LogP contribution in [0.4, 0.5) is 5.69 Å². The number of rotatable bonds is 2. The van der Waals surface area contributed by atoms with Gasteiger partial charge in [-0.05, 0) is 30.7 Å². The predicted molar refractivity (Wildman–Crippen MR) is 80.0 cm³/mol. The zero-order chi connectivity index (χ0) is 15.0. The first-order valence-corrected chi connectivity index (χ1v) is 8.63. The van der Waals surface area contributed by atoms with Gasteiger partial charge < -0.3 is 10.6 Å². The van der Waals surface area contributed by atoms with Crippen molar-refractivity contribution in [3.63, 3.8) is 0 Å². The number of benzene rings is 1. The summed E-state index contributed by atoms with van der Waals surface area (Å²) >= 11 is 6.13. The molecule has 1 aromatic rings. The van der Waals surface area contributed by atoms with Gasteiger partial charge in [0, 0.05) is 25.3 Å². The van der Waals surface area contributed by atoms with E-state index < -0.39 is 10.0 Å². The molecule has 0 bridgehead atoms. The first kappa shape index (κ1) is 14.8. The van der Waals surface area contributed by atoms with Crippen molar-refractivity contribution in [3.8, 4) is 0 Å². The van der Waals surface area contributed by atoms with Crippen LogP contribution in [-0.2, 0) is 21.2 Å². The second-order valence-electron chi connectivity index (χ2n) is 5.17. The van der Waals surface area contributed by atoms with E-state index in [-0.39, 0.29) is 22.2 Å². The second-order valence-corrected chi connectivity index (χ2v) is 7.49. The number of hydrogen-bond donors (Lipinski definition) is 2. The fraction of sp³-hybridized carbons (Fsp3) is 0.462. The van der Waals surface area contributed by atoms with E-state index >= 15 is 0 Å². The first-order chi connectivity index (χ1) is 9.98. The lowest BCUT2D eigenvalue weighted by Crippen LogP contribution is -2.34. The van der Waals surface area contributed by atoms with Crippen LogP contribution in [0.5, 0.6) is 0 Å². The van der Waals surface area contributed by atoms with Crippen molar-refractivity contribution >= 4 is 33.2 Å². The first-order valence-electron chi connectivity index (χ1n) is 6.81. The minimum atomic E-state index is -3.63. The lowest BCUT2D eigenvalue weighted by Gasteiger charge is -2.20. The minimum Gasteiger partial charge on any atom is -0.325 e. The Balaban J connectivity index is 1.99. The molecule has 2 N–H and O–H groups in total. The van der Waals surface area contributed by atoms with Crippen molar-refractivity contribution in [2.75, 3.05) is 31.5 Å². The Kier molecular flexibility index (Phi) is 3.92. The highest BCUT2D eigenvalue weighted by atomic mass is 35.5. The van der Waals surface area contributed by atoms with Crippen LogP contribution < -0.4 is 10.6 Å². The topological polar surface area (TPSA) is 78.5 Å². The standard InChI is InChI=1S/C13H16ClN3O3S/c14-10-8-11-9(7-13(18)16-11)6-12(10)21(19,20)17-4-1-2-15-3-5-17/h6,8,15H,1-5,7H2,(H,16,18). The monoisotopic (exact) mass is 329 g/mol. The van der Waals surface area contributed by atoms with Gasteiger partial charge in [0.2, 0.25) is 15.9 Å². The molecule has 0 aliphatic carbocycles. The number of carbonyl (C=O) groups excluding carboxylic acids is 1. The normalized spacial score (nSPS) is 20.0. The van der Waals surface area contributed by atoms with Gasteiger partial charge in [-0.15, -0.1) is 0 Å². The smallest absolute Gasteiger partial charge is 0.244 e. The summed E-state index contributed by atoms with van der Waals surface area (Å²) in [6, 6.07) is 3.04. The number of carbonyl (C=O) groups is 1. The average molecular weight is 330 g/mol. The third kappa shape index (κ3) is 2.78. The minimum absolute atomic E-state index is 0.0846. The molecule has 0 spiro atoms. The van der Waals surface area contributed by atoms with Gasteiger partial charge in [-0.3, -0.25) is 4.79 Å². The molecule has 0 radical (unpaired) electrons. The van der Waals surface area contributed by atoms with Crippen LogP contribution in [0.3, 0.4) is 0 Å². The van der Waals surface area contributed by atoms with Gasteiger partial charge in [0.25, 0.3) is 0 Å². The van der Waals surface area contributed by atoms with Crippen LogP contribution in [0, 0.1) is 0 Å². The summed E-state index contributed by atoms with van der Waals surface area (Å²) in [4.78, 5) is 11.5. The van der Waals surface area contributed by atoms with Crippen molar-refractivity contribution in [2.45, 2.75) is 17.7 Å². The second kappa shape index (κ2) is 5.57. The molecule has 8 heteroatoms. The number of anilines is 1. The maximum Gasteiger partial charge on any atom is 0.244 e. The Morgan fingerprint density at radius 1 is 1.19 bits per heavy atom. The third-order valence-corrected chi connectivity index (χ3v) is 6.06. The van der Waals surface area contributed by atoms with E-state index in [2.05, 4.69) is 10.6 Å². The van der Waals surface area contributed by atoms with Gasteiger partial charge in [-0.2, -0.15) is 4.31 Å². The van der Waals surface area contributed by atoms with Gasteiger partial charge in [-0.25, -0.2) is 8.42 Å². The van der Waals surface area contributed by atoms with Crippen LogP contribution in [0.2, 0.25) is 5.02 Å². The molecule has 2 aliphatic rings. The van der Waals surface area contributed by atoms with E-state index in [0.717, 1.165) is 13.0 Å². The maximum atomic E-state index is 12.8. The Bertz CT molecular complexity index is 682. The summed E-state index contributed by atoms with van der Waals surface area (Å²) in [6.45, 7) is 2.33. The number of sulfonamides is 1. The van der Waals surface area contributed by atoms with Crippen molar-refractivity contribution in [3.05, 3.63) is 22.7 Å². The molecule has 2 heterocycles. The zero-order valence-corrected chi connectivity index (χ0v) is 12.9. The summed E-state index contributed by atoms with van der Waals surface area (Å²) in [5.74, 6) is -0.144. The molecular weight excluding hydrogens is 314 g/mol. The fourth-order valence-electron chi connectivity index (χ4n) is 2.62. The molecule has 6 nitrogen and oxygen atoms in total. The van der Waals surface area contributed by atoms with E-state index in [0.29, 0.717) is 30.9 Å². The molecule has 1 amide bonds. The molecule has 0 saturated carbocycles. The quantitative estimate of drug-likeness (QED) is 0.842. The predicted octanol–water partition coefficient (Wildman–Crippen LogP) is 0.819. The van der Waals surface area contributed by atoms with Gasteiger partial charge in [0.05, 0.1) is 11.4 Å². The van der Waals surface area contributed by atoms with Gasteiger partial charge in [-0.1, -0.05) is 11.6 Å². The van der Waals surface area contributed by atoms with E-state index in [1.54, 1.807) is 0 Å². The molecule has 1 saturated heterocycles. The average Bonchev–Trinajstić information content (AvgIpc) is 2.65. The Morgan fingerprint density at radius 2 is 2.00 bits per heavy atom. The summed E-state index contributed by atoms with van der Waals surface area (Å²) in [5, 5.41) is 5.98. The van der Waals surface area contributed by atoms with Crippen molar-refractivity contribution in [1.82, 2.24) is 9.62 Å². The molecule has 2 aliphatic heterocycles. The highest BCUT2D eigenvalue weighted by molar-refractivity contribution is 7.89. The summed E-state index contributed by atoms with van der Waals surface area (Å²) in [5.41, 5.74) is 1.28. The third-order valence-electron chi connectivity index (χ3n) is 3.70. The van der Waals surface area contributed by atoms with Gasteiger partial charge in [0.1, 0.15) is 4.90 Å². The summed E-state index contributed by atoms with van der Waals surface area (Å²) in [6.07, 6.45) is 0.957. The van der Waals surface area contributed by atoms with Gasteiger partial charge in [0.15, 0.2) is 0 Å². The molecule has 3 rings (SSSR count). The number of halogens is 1. The van der Waals surface area contributed by atoms with Crippen LogP contribution in [0.15, 0.2) is 17.0 Å². The molecule has 0 aromatic heterocycles. The molecule has 0 unspecified atom stereocenters. The number of nitrogens with zero attached hydrogens (tertiary/aromatic N) is 1. The maximum absolute atomic E-state index is 12.8. The molecule has 114 valence electrons. The largest absolute Gasteiger partial charge is 0.325 e. The zero-order valence-electron chi connectivity index (χ0n) is 11.4. The highest BCUT2D eigenvalue weighted by Gasteiger charge is 2.30. The molecule has 1 fully saturated rings. The number of amides is 1. The highest BCUT2D eigenvalue weighted by Crippen LogP contribution is 2.33. The van der Waals surface area contributed by atoms with E-state index in [1.165, 1.54) is 16.4 Å². The van der Waals surface area contributed by atoms with Crippen molar-refractivity contribution in [2.24, 2.45) is 0 Å².